The first-order valence-corrected chi connectivity index (χ1v) is 10.6. The van der Waals surface area contributed by atoms with E-state index in [4.69, 9.17) is 14.5 Å². The Morgan fingerprint density at radius 1 is 1.17 bits per heavy atom. The highest BCUT2D eigenvalue weighted by molar-refractivity contribution is 6.05. The summed E-state index contributed by atoms with van der Waals surface area (Å²) in [6.45, 7) is 12.9. The molecule has 0 aliphatic carbocycles. The number of nitrogens with one attached hydrogen (secondary N) is 1. The van der Waals surface area contributed by atoms with Crippen LogP contribution in [0.2, 0.25) is 0 Å². The smallest absolute Gasteiger partial charge is 0.410 e. The molecule has 0 radical (unpaired) electrons. The van der Waals surface area contributed by atoms with Gasteiger partial charge in [0.15, 0.2) is 0 Å². The molecule has 30 heavy (non-hydrogen) atoms. The maximum absolute atomic E-state index is 13.0. The number of rotatable bonds is 3. The van der Waals surface area contributed by atoms with Crippen LogP contribution in [0.3, 0.4) is 0 Å². The van der Waals surface area contributed by atoms with Gasteiger partial charge < -0.3 is 14.8 Å². The normalized spacial score (nSPS) is 21.8. The predicted molar refractivity (Wildman–Crippen MR) is 117 cm³/mol. The van der Waals surface area contributed by atoms with E-state index in [1.165, 1.54) is 4.90 Å². The standard InChI is InChI=1S/C23H33N3O4/c1-22(2,3)18-14-29-20(25-18)15-10-7-8-11-16(15)24-19(27)17-12-9-13-26(17)21(28)30-23(4,5)6/h7-8,10-11,17-18H,9,12-14H2,1-6H3,(H,24,27)/t17-,18-/m1/s1. The molecule has 2 aliphatic heterocycles. The fourth-order valence-electron chi connectivity index (χ4n) is 3.54. The van der Waals surface area contributed by atoms with Gasteiger partial charge in [-0.25, -0.2) is 9.79 Å². The highest BCUT2D eigenvalue weighted by atomic mass is 16.6. The minimum absolute atomic E-state index is 0.00228. The minimum atomic E-state index is -0.602. The van der Waals surface area contributed by atoms with Crippen LogP contribution in [0.15, 0.2) is 29.3 Å². The van der Waals surface area contributed by atoms with Crippen molar-refractivity contribution in [1.29, 1.82) is 0 Å². The summed E-state index contributed by atoms with van der Waals surface area (Å²) in [7, 11) is 0. The first-order chi connectivity index (χ1) is 14.0. The third-order valence-corrected chi connectivity index (χ3v) is 5.25. The lowest BCUT2D eigenvalue weighted by atomic mass is 9.88. The largest absolute Gasteiger partial charge is 0.475 e. The van der Waals surface area contributed by atoms with Crippen LogP contribution in [0, 0.1) is 5.41 Å². The number of anilines is 1. The van der Waals surface area contributed by atoms with Crippen LogP contribution in [0.5, 0.6) is 0 Å². The number of hydrogen-bond donors (Lipinski definition) is 1. The molecule has 0 aromatic heterocycles. The Labute approximate surface area is 178 Å². The van der Waals surface area contributed by atoms with Gasteiger partial charge in [-0.2, -0.15) is 0 Å². The molecule has 3 rings (SSSR count). The van der Waals surface area contributed by atoms with Gasteiger partial charge in [-0.15, -0.1) is 0 Å². The van der Waals surface area contributed by atoms with E-state index in [0.29, 0.717) is 31.2 Å². The van der Waals surface area contributed by atoms with Crippen molar-refractivity contribution in [2.75, 3.05) is 18.5 Å². The molecule has 7 nitrogen and oxygen atoms in total. The molecule has 2 atom stereocenters. The number of carbonyl (C=O) groups is 2. The monoisotopic (exact) mass is 415 g/mol. The number of amides is 2. The number of likely N-dealkylation sites (tertiary alicyclic amines) is 1. The third-order valence-electron chi connectivity index (χ3n) is 5.25. The van der Waals surface area contributed by atoms with Crippen molar-refractivity contribution >= 4 is 23.6 Å². The van der Waals surface area contributed by atoms with Crippen molar-refractivity contribution in [3.63, 3.8) is 0 Å². The lowest BCUT2D eigenvalue weighted by Crippen LogP contribution is -2.45. The number of carbonyl (C=O) groups excluding carboxylic acids is 2. The first kappa shape index (κ1) is 22.1. The molecule has 2 aliphatic rings. The number of aliphatic imine (C=N–C) groups is 1. The van der Waals surface area contributed by atoms with Gasteiger partial charge in [0.1, 0.15) is 18.2 Å². The number of nitrogens with zero attached hydrogens (tertiary/aromatic N) is 2. The van der Waals surface area contributed by atoms with E-state index in [1.807, 2.05) is 45.0 Å². The van der Waals surface area contributed by atoms with Crippen LogP contribution in [0.25, 0.3) is 0 Å². The molecule has 1 saturated heterocycles. The van der Waals surface area contributed by atoms with Gasteiger partial charge in [0.25, 0.3) is 0 Å². The van der Waals surface area contributed by atoms with Crippen LogP contribution >= 0.6 is 0 Å². The van der Waals surface area contributed by atoms with Gasteiger partial charge in [0.2, 0.25) is 11.8 Å². The van der Waals surface area contributed by atoms with Crippen LogP contribution in [0.4, 0.5) is 10.5 Å². The van der Waals surface area contributed by atoms with Crippen molar-refractivity contribution in [3.05, 3.63) is 29.8 Å². The molecule has 1 aromatic carbocycles. The molecule has 0 saturated carbocycles. The summed E-state index contributed by atoms with van der Waals surface area (Å²) >= 11 is 0. The molecule has 0 spiro atoms. The van der Waals surface area contributed by atoms with Crippen LogP contribution in [-0.2, 0) is 14.3 Å². The second kappa shape index (κ2) is 8.28. The Kier molecular flexibility index (Phi) is 6.11. The van der Waals surface area contributed by atoms with Crippen molar-refractivity contribution in [2.45, 2.75) is 72.1 Å². The number of hydrogen-bond acceptors (Lipinski definition) is 5. The van der Waals surface area contributed by atoms with E-state index in [0.717, 1.165) is 12.0 Å². The molecule has 164 valence electrons. The highest BCUT2D eigenvalue weighted by Gasteiger charge is 2.37. The summed E-state index contributed by atoms with van der Waals surface area (Å²) in [4.78, 5) is 31.8. The molecule has 1 aromatic rings. The summed E-state index contributed by atoms with van der Waals surface area (Å²) < 4.78 is 11.3. The van der Waals surface area contributed by atoms with Crippen molar-refractivity contribution in [3.8, 4) is 0 Å². The van der Waals surface area contributed by atoms with Crippen molar-refractivity contribution in [2.24, 2.45) is 10.4 Å². The quantitative estimate of drug-likeness (QED) is 0.802. The molecule has 0 bridgehead atoms. The van der Waals surface area contributed by atoms with Gasteiger partial charge in [-0.1, -0.05) is 32.9 Å². The Balaban J connectivity index is 1.76. The van der Waals surface area contributed by atoms with E-state index in [2.05, 4.69) is 26.1 Å². The molecule has 0 unspecified atom stereocenters. The van der Waals surface area contributed by atoms with Crippen LogP contribution in [0.1, 0.15) is 59.9 Å². The molecule has 2 amide bonds. The van der Waals surface area contributed by atoms with E-state index < -0.39 is 17.7 Å². The molecule has 1 N–H and O–H groups in total. The van der Waals surface area contributed by atoms with Gasteiger partial charge in [0.05, 0.1) is 17.3 Å². The number of ether oxygens (including phenoxy) is 2. The summed E-state index contributed by atoms with van der Waals surface area (Å²) in [6, 6.07) is 6.98. The topological polar surface area (TPSA) is 80.2 Å². The molecule has 7 heteroatoms. The zero-order valence-electron chi connectivity index (χ0n) is 18.8. The zero-order valence-corrected chi connectivity index (χ0v) is 18.8. The van der Waals surface area contributed by atoms with Crippen molar-refractivity contribution in [1.82, 2.24) is 4.90 Å². The number of benzene rings is 1. The highest BCUT2D eigenvalue weighted by Crippen LogP contribution is 2.30. The Morgan fingerprint density at radius 3 is 2.50 bits per heavy atom. The maximum Gasteiger partial charge on any atom is 0.410 e. The van der Waals surface area contributed by atoms with E-state index in [-0.39, 0.29) is 17.4 Å². The predicted octanol–water partition coefficient (Wildman–Crippen LogP) is 4.22. The fourth-order valence-corrected chi connectivity index (χ4v) is 3.54. The molecular formula is C23H33N3O4. The van der Waals surface area contributed by atoms with Gasteiger partial charge >= 0.3 is 6.09 Å². The molecule has 2 heterocycles. The lowest BCUT2D eigenvalue weighted by Gasteiger charge is -2.28. The second-order valence-electron chi connectivity index (χ2n) is 9.99. The van der Waals surface area contributed by atoms with Crippen molar-refractivity contribution < 1.29 is 19.1 Å². The molecule has 1 fully saturated rings. The fraction of sp³-hybridized carbons (Fsp3) is 0.609. The lowest BCUT2D eigenvalue weighted by molar-refractivity contribution is -0.120. The van der Waals surface area contributed by atoms with Gasteiger partial charge in [-0.3, -0.25) is 9.69 Å². The Morgan fingerprint density at radius 2 is 1.87 bits per heavy atom. The average Bonchev–Trinajstić information content (AvgIpc) is 3.30. The summed E-state index contributed by atoms with van der Waals surface area (Å²) in [5.74, 6) is 0.318. The summed E-state index contributed by atoms with van der Waals surface area (Å²) in [5.41, 5.74) is 0.776. The van der Waals surface area contributed by atoms with Gasteiger partial charge in [0, 0.05) is 6.54 Å². The van der Waals surface area contributed by atoms with Gasteiger partial charge in [-0.05, 0) is 51.2 Å². The Bertz CT molecular complexity index is 836. The van der Waals surface area contributed by atoms with E-state index in [1.54, 1.807) is 0 Å². The van der Waals surface area contributed by atoms with Crippen LogP contribution < -0.4 is 5.32 Å². The van der Waals surface area contributed by atoms with E-state index in [9.17, 15) is 9.59 Å². The minimum Gasteiger partial charge on any atom is -0.475 e. The average molecular weight is 416 g/mol. The SMILES string of the molecule is CC(C)(C)OC(=O)N1CCC[C@@H]1C(=O)Nc1ccccc1C1=N[C@@H](C(C)(C)C)CO1. The Hall–Kier alpha value is -2.57. The first-order valence-electron chi connectivity index (χ1n) is 10.6. The number of para-hydroxylation sites is 1. The summed E-state index contributed by atoms with van der Waals surface area (Å²) in [6.07, 6.45) is 0.920. The summed E-state index contributed by atoms with van der Waals surface area (Å²) in [5, 5.41) is 2.98. The van der Waals surface area contributed by atoms with E-state index >= 15 is 0 Å². The van der Waals surface area contributed by atoms with Crippen LogP contribution in [-0.4, -0.2) is 53.6 Å². The molecular weight excluding hydrogens is 382 g/mol. The maximum atomic E-state index is 13.0. The zero-order chi connectivity index (χ0) is 22.1. The third kappa shape index (κ3) is 5.12. The second-order valence-corrected chi connectivity index (χ2v) is 9.99.